The van der Waals surface area contributed by atoms with Crippen LogP contribution in [0.1, 0.15) is 21.9 Å². The number of H-pyrrole nitrogens is 1. The molecule has 1 heterocycles. The number of carbonyl (C=O) groups excluding carboxylic acids is 1. The first-order valence-electron chi connectivity index (χ1n) is 9.56. The highest BCUT2D eigenvalue weighted by molar-refractivity contribution is 8.00. The number of hydrogen-bond donors (Lipinski definition) is 2. The first-order valence-corrected chi connectivity index (χ1v) is 10.8. The standard InChI is InChI=1S/C23H17ClF3N3OS/c1-13-7-10-17-19(11-13)30-22(29-17)32-20(14-5-3-2-4-6-14)21(31)28-18-12-15(23(25,26)27)8-9-16(18)24/h2-12,20H,1H3,(H,28,31)(H,29,30). The second-order valence-electron chi connectivity index (χ2n) is 7.15. The number of amides is 1. The molecular weight excluding hydrogens is 459 g/mol. The van der Waals surface area contributed by atoms with E-state index in [1.807, 2.05) is 31.2 Å². The molecular formula is C23H17ClF3N3OS. The van der Waals surface area contributed by atoms with Crippen LogP contribution in [0.25, 0.3) is 11.0 Å². The summed E-state index contributed by atoms with van der Waals surface area (Å²) >= 11 is 7.23. The number of carbonyl (C=O) groups is 1. The van der Waals surface area contributed by atoms with Crippen molar-refractivity contribution in [2.75, 3.05) is 5.32 Å². The van der Waals surface area contributed by atoms with Crippen molar-refractivity contribution in [3.8, 4) is 0 Å². The lowest BCUT2D eigenvalue weighted by Crippen LogP contribution is -2.20. The molecule has 4 nitrogen and oxygen atoms in total. The second-order valence-corrected chi connectivity index (χ2v) is 8.65. The number of thioether (sulfide) groups is 1. The summed E-state index contributed by atoms with van der Waals surface area (Å²) < 4.78 is 39.3. The fraction of sp³-hybridized carbons (Fsp3) is 0.130. The summed E-state index contributed by atoms with van der Waals surface area (Å²) in [5.74, 6) is -0.515. The predicted molar refractivity (Wildman–Crippen MR) is 121 cm³/mol. The Morgan fingerprint density at radius 3 is 2.56 bits per heavy atom. The molecule has 4 aromatic rings. The second kappa shape index (κ2) is 8.88. The predicted octanol–water partition coefficient (Wildman–Crippen LogP) is 7.02. The molecule has 0 aliphatic rings. The van der Waals surface area contributed by atoms with Gasteiger partial charge in [-0.2, -0.15) is 13.2 Å². The van der Waals surface area contributed by atoms with E-state index in [-0.39, 0.29) is 10.7 Å². The van der Waals surface area contributed by atoms with Gasteiger partial charge in [-0.25, -0.2) is 4.98 Å². The number of nitrogens with zero attached hydrogens (tertiary/aromatic N) is 1. The molecule has 0 bridgehead atoms. The van der Waals surface area contributed by atoms with Gasteiger partial charge in [-0.3, -0.25) is 4.79 Å². The van der Waals surface area contributed by atoms with Crippen molar-refractivity contribution in [3.05, 3.63) is 88.4 Å². The summed E-state index contributed by atoms with van der Waals surface area (Å²) in [5.41, 5.74) is 2.33. The van der Waals surface area contributed by atoms with E-state index in [1.165, 1.54) is 11.8 Å². The van der Waals surface area contributed by atoms with Crippen LogP contribution in [-0.4, -0.2) is 15.9 Å². The number of aromatic nitrogens is 2. The molecule has 0 fully saturated rings. The van der Waals surface area contributed by atoms with Crippen LogP contribution in [0.3, 0.4) is 0 Å². The molecule has 1 amide bonds. The zero-order chi connectivity index (χ0) is 22.9. The molecule has 3 aromatic carbocycles. The van der Waals surface area contributed by atoms with Crippen molar-refractivity contribution in [2.45, 2.75) is 23.5 Å². The number of anilines is 1. The molecule has 1 aromatic heterocycles. The van der Waals surface area contributed by atoms with Gasteiger partial charge in [0.25, 0.3) is 0 Å². The topological polar surface area (TPSA) is 57.8 Å². The SMILES string of the molecule is Cc1ccc2nc(SC(C(=O)Nc3cc(C(F)(F)F)ccc3Cl)c3ccccc3)[nH]c2c1. The number of imidazole rings is 1. The van der Waals surface area contributed by atoms with E-state index in [0.29, 0.717) is 10.7 Å². The summed E-state index contributed by atoms with van der Waals surface area (Å²) in [6.07, 6.45) is -4.55. The highest BCUT2D eigenvalue weighted by Gasteiger charge is 2.32. The number of hydrogen-bond acceptors (Lipinski definition) is 3. The number of halogens is 4. The fourth-order valence-corrected chi connectivity index (χ4v) is 4.33. The number of aromatic amines is 1. The summed E-state index contributed by atoms with van der Waals surface area (Å²) in [4.78, 5) is 20.9. The summed E-state index contributed by atoms with van der Waals surface area (Å²) in [7, 11) is 0. The fourth-order valence-electron chi connectivity index (χ4n) is 3.16. The van der Waals surface area contributed by atoms with E-state index in [4.69, 9.17) is 11.6 Å². The smallest absolute Gasteiger partial charge is 0.333 e. The molecule has 0 saturated carbocycles. The Morgan fingerprint density at radius 1 is 1.09 bits per heavy atom. The number of benzene rings is 3. The quantitative estimate of drug-likeness (QED) is 0.305. The normalized spacial score (nSPS) is 12.7. The van der Waals surface area contributed by atoms with Gasteiger partial charge in [-0.15, -0.1) is 0 Å². The van der Waals surface area contributed by atoms with Crippen LogP contribution in [0.4, 0.5) is 18.9 Å². The Hall–Kier alpha value is -2.97. The van der Waals surface area contributed by atoms with Crippen LogP contribution in [0.2, 0.25) is 5.02 Å². The molecule has 4 rings (SSSR count). The molecule has 32 heavy (non-hydrogen) atoms. The number of nitrogens with one attached hydrogen (secondary N) is 2. The minimum absolute atomic E-state index is 0.0161. The van der Waals surface area contributed by atoms with Gasteiger partial charge < -0.3 is 10.3 Å². The van der Waals surface area contributed by atoms with Crippen LogP contribution < -0.4 is 5.32 Å². The van der Waals surface area contributed by atoms with E-state index in [0.717, 1.165) is 34.8 Å². The molecule has 164 valence electrons. The summed E-state index contributed by atoms with van der Waals surface area (Å²) in [5, 5.41) is 2.31. The molecule has 0 saturated heterocycles. The van der Waals surface area contributed by atoms with Crippen molar-refractivity contribution < 1.29 is 18.0 Å². The van der Waals surface area contributed by atoms with Gasteiger partial charge in [0.1, 0.15) is 5.25 Å². The van der Waals surface area contributed by atoms with Crippen molar-refractivity contribution in [1.82, 2.24) is 9.97 Å². The third-order valence-corrected chi connectivity index (χ3v) is 6.21. The van der Waals surface area contributed by atoms with E-state index in [9.17, 15) is 18.0 Å². The number of fused-ring (bicyclic) bond motifs is 1. The molecule has 9 heteroatoms. The van der Waals surface area contributed by atoms with E-state index >= 15 is 0 Å². The average Bonchev–Trinajstić information content (AvgIpc) is 3.15. The van der Waals surface area contributed by atoms with Gasteiger partial charge in [0, 0.05) is 0 Å². The Morgan fingerprint density at radius 2 is 1.84 bits per heavy atom. The van der Waals surface area contributed by atoms with Crippen LogP contribution in [0.15, 0.2) is 71.9 Å². The summed E-state index contributed by atoms with van der Waals surface area (Å²) in [6, 6.07) is 17.5. The van der Waals surface area contributed by atoms with Crippen LogP contribution >= 0.6 is 23.4 Å². The molecule has 1 atom stereocenters. The van der Waals surface area contributed by atoms with Crippen molar-refractivity contribution in [2.24, 2.45) is 0 Å². The third-order valence-electron chi connectivity index (χ3n) is 4.74. The van der Waals surface area contributed by atoms with Crippen LogP contribution in [0, 0.1) is 6.92 Å². The zero-order valence-corrected chi connectivity index (χ0v) is 18.3. The van der Waals surface area contributed by atoms with Gasteiger partial charge >= 0.3 is 6.18 Å². The summed E-state index contributed by atoms with van der Waals surface area (Å²) in [6.45, 7) is 1.96. The maximum absolute atomic E-state index is 13.2. The first-order chi connectivity index (χ1) is 15.2. The number of alkyl halides is 3. The Bertz CT molecular complexity index is 1270. The van der Waals surface area contributed by atoms with Crippen molar-refractivity contribution in [1.29, 1.82) is 0 Å². The Balaban J connectivity index is 1.65. The Kier molecular flexibility index (Phi) is 6.17. The number of rotatable bonds is 5. The van der Waals surface area contributed by atoms with Crippen molar-refractivity contribution >= 4 is 46.0 Å². The Labute approximate surface area is 191 Å². The van der Waals surface area contributed by atoms with E-state index in [2.05, 4.69) is 15.3 Å². The highest BCUT2D eigenvalue weighted by atomic mass is 35.5. The molecule has 0 radical (unpaired) electrons. The average molecular weight is 476 g/mol. The third kappa shape index (κ3) is 4.92. The van der Waals surface area contributed by atoms with Crippen LogP contribution in [0.5, 0.6) is 0 Å². The first kappa shape index (κ1) is 22.2. The lowest BCUT2D eigenvalue weighted by atomic mass is 10.1. The maximum Gasteiger partial charge on any atom is 0.416 e. The molecule has 0 aliphatic carbocycles. The zero-order valence-electron chi connectivity index (χ0n) is 16.7. The van der Waals surface area contributed by atoms with Gasteiger partial charge in [-0.05, 0) is 48.4 Å². The van der Waals surface area contributed by atoms with Crippen LogP contribution in [-0.2, 0) is 11.0 Å². The van der Waals surface area contributed by atoms with Crippen molar-refractivity contribution in [3.63, 3.8) is 0 Å². The molecule has 2 N–H and O–H groups in total. The van der Waals surface area contributed by atoms with E-state index in [1.54, 1.807) is 24.3 Å². The largest absolute Gasteiger partial charge is 0.416 e. The lowest BCUT2D eigenvalue weighted by molar-refractivity contribution is -0.137. The highest BCUT2D eigenvalue weighted by Crippen LogP contribution is 2.38. The number of aryl methyl sites for hydroxylation is 1. The molecule has 0 spiro atoms. The monoisotopic (exact) mass is 475 g/mol. The van der Waals surface area contributed by atoms with Gasteiger partial charge in [-0.1, -0.05) is 59.8 Å². The van der Waals surface area contributed by atoms with Gasteiger partial charge in [0.05, 0.1) is 27.3 Å². The van der Waals surface area contributed by atoms with Gasteiger partial charge in [0.2, 0.25) is 5.91 Å². The maximum atomic E-state index is 13.2. The van der Waals surface area contributed by atoms with Gasteiger partial charge in [0.15, 0.2) is 5.16 Å². The van der Waals surface area contributed by atoms with E-state index < -0.39 is 22.9 Å². The molecule has 0 aliphatic heterocycles. The molecule has 1 unspecified atom stereocenters. The minimum atomic E-state index is -4.55. The lowest BCUT2D eigenvalue weighted by Gasteiger charge is -2.17. The minimum Gasteiger partial charge on any atom is -0.333 e.